The van der Waals surface area contributed by atoms with Crippen LogP contribution in [0.1, 0.15) is 32.1 Å². The summed E-state index contributed by atoms with van der Waals surface area (Å²) in [5.74, 6) is 0. The molecule has 1 saturated carbocycles. The number of nitrogen functional groups attached to an aromatic ring is 1. The van der Waals surface area contributed by atoms with Crippen molar-refractivity contribution < 1.29 is 4.74 Å². The molecule has 0 heterocycles. The summed E-state index contributed by atoms with van der Waals surface area (Å²) >= 11 is 6.07. The maximum absolute atomic E-state index is 6.07. The average molecular weight is 269 g/mol. The highest BCUT2D eigenvalue weighted by atomic mass is 35.5. The van der Waals surface area contributed by atoms with Crippen LogP contribution in [0.3, 0.4) is 0 Å². The van der Waals surface area contributed by atoms with Gasteiger partial charge in [-0.2, -0.15) is 0 Å². The summed E-state index contributed by atoms with van der Waals surface area (Å²) in [6, 6.07) is 5.53. The Morgan fingerprint density at radius 1 is 1.28 bits per heavy atom. The van der Waals surface area contributed by atoms with Gasteiger partial charge in [-0.25, -0.2) is 0 Å². The second-order valence-electron chi connectivity index (χ2n) is 4.76. The van der Waals surface area contributed by atoms with E-state index >= 15 is 0 Å². The molecule has 0 radical (unpaired) electrons. The monoisotopic (exact) mass is 268 g/mol. The number of anilines is 2. The smallest absolute Gasteiger partial charge is 0.0763 e. The van der Waals surface area contributed by atoms with E-state index in [1.807, 2.05) is 18.2 Å². The predicted molar refractivity (Wildman–Crippen MR) is 77.2 cm³/mol. The molecule has 0 bridgehead atoms. The van der Waals surface area contributed by atoms with Crippen LogP contribution in [-0.4, -0.2) is 19.3 Å². The molecular weight excluding hydrogens is 248 g/mol. The van der Waals surface area contributed by atoms with Crippen LogP contribution < -0.4 is 11.1 Å². The fourth-order valence-corrected chi connectivity index (χ4v) is 2.61. The molecule has 2 rings (SSSR count). The Hall–Kier alpha value is -0.930. The summed E-state index contributed by atoms with van der Waals surface area (Å²) in [5.41, 5.74) is 7.35. The van der Waals surface area contributed by atoms with E-state index in [2.05, 4.69) is 5.32 Å². The zero-order chi connectivity index (χ0) is 12.8. The van der Waals surface area contributed by atoms with Crippen molar-refractivity contribution in [3.05, 3.63) is 23.2 Å². The van der Waals surface area contributed by atoms with E-state index in [1.165, 1.54) is 32.1 Å². The van der Waals surface area contributed by atoms with Gasteiger partial charge in [-0.15, -0.1) is 0 Å². The number of nitrogens with two attached hydrogens (primary N) is 1. The lowest BCUT2D eigenvalue weighted by Crippen LogP contribution is -2.20. The van der Waals surface area contributed by atoms with Crippen LogP contribution in [-0.2, 0) is 4.74 Å². The first-order valence-electron chi connectivity index (χ1n) is 6.67. The minimum Gasteiger partial charge on any atom is -0.397 e. The van der Waals surface area contributed by atoms with Crippen LogP contribution in [0.2, 0.25) is 5.02 Å². The fraction of sp³-hybridized carbons (Fsp3) is 0.571. The van der Waals surface area contributed by atoms with Gasteiger partial charge in [-0.3, -0.25) is 0 Å². The Morgan fingerprint density at radius 2 is 2.06 bits per heavy atom. The van der Waals surface area contributed by atoms with Crippen LogP contribution >= 0.6 is 11.6 Å². The van der Waals surface area contributed by atoms with Gasteiger partial charge in [0, 0.05) is 6.54 Å². The Kier molecular flexibility index (Phi) is 5.14. The molecule has 1 fully saturated rings. The van der Waals surface area contributed by atoms with Crippen molar-refractivity contribution in [1.82, 2.24) is 0 Å². The first-order chi connectivity index (χ1) is 8.77. The molecule has 0 amide bonds. The van der Waals surface area contributed by atoms with Crippen LogP contribution in [0.5, 0.6) is 0 Å². The molecule has 100 valence electrons. The maximum atomic E-state index is 6.07. The van der Waals surface area contributed by atoms with Gasteiger partial charge >= 0.3 is 0 Å². The number of hydrogen-bond donors (Lipinski definition) is 2. The summed E-state index contributed by atoms with van der Waals surface area (Å²) in [5, 5.41) is 3.90. The van der Waals surface area contributed by atoms with Gasteiger partial charge in [-0.1, -0.05) is 36.9 Å². The Bertz CT molecular complexity index is 358. The topological polar surface area (TPSA) is 47.3 Å². The third kappa shape index (κ3) is 3.79. The summed E-state index contributed by atoms with van der Waals surface area (Å²) in [7, 11) is 0. The molecule has 0 saturated heterocycles. The Balaban J connectivity index is 1.71. The number of rotatable bonds is 5. The zero-order valence-electron chi connectivity index (χ0n) is 10.6. The largest absolute Gasteiger partial charge is 0.397 e. The summed E-state index contributed by atoms with van der Waals surface area (Å²) in [4.78, 5) is 0. The molecule has 18 heavy (non-hydrogen) atoms. The minimum atomic E-state index is 0.448. The van der Waals surface area contributed by atoms with Crippen molar-refractivity contribution in [2.75, 3.05) is 24.2 Å². The van der Waals surface area contributed by atoms with Gasteiger partial charge in [0.2, 0.25) is 0 Å². The molecule has 4 heteroatoms. The average Bonchev–Trinajstić information content (AvgIpc) is 2.38. The Labute approximate surface area is 114 Å². The van der Waals surface area contributed by atoms with Crippen molar-refractivity contribution in [3.63, 3.8) is 0 Å². The molecule has 3 N–H and O–H groups in total. The van der Waals surface area contributed by atoms with Crippen LogP contribution in [0.4, 0.5) is 11.4 Å². The van der Waals surface area contributed by atoms with Crippen molar-refractivity contribution in [2.24, 2.45) is 0 Å². The number of para-hydroxylation sites is 1. The molecule has 1 aromatic carbocycles. The quantitative estimate of drug-likeness (QED) is 0.633. The van der Waals surface area contributed by atoms with Crippen molar-refractivity contribution >= 4 is 23.0 Å². The lowest BCUT2D eigenvalue weighted by molar-refractivity contribution is 0.0347. The molecule has 3 nitrogen and oxygen atoms in total. The summed E-state index contributed by atoms with van der Waals surface area (Å²) < 4.78 is 5.84. The SMILES string of the molecule is Nc1cccc(Cl)c1NCCOC1CCCCC1. The van der Waals surface area contributed by atoms with E-state index in [4.69, 9.17) is 22.1 Å². The Morgan fingerprint density at radius 3 is 2.78 bits per heavy atom. The highest BCUT2D eigenvalue weighted by Crippen LogP contribution is 2.27. The third-order valence-corrected chi connectivity index (χ3v) is 3.67. The second kappa shape index (κ2) is 6.86. The highest BCUT2D eigenvalue weighted by Gasteiger charge is 2.13. The second-order valence-corrected chi connectivity index (χ2v) is 5.17. The summed E-state index contributed by atoms with van der Waals surface area (Å²) in [6.07, 6.45) is 6.81. The summed E-state index contributed by atoms with van der Waals surface area (Å²) in [6.45, 7) is 1.44. The molecule has 1 aliphatic rings. The van der Waals surface area contributed by atoms with E-state index in [0.717, 1.165) is 12.2 Å². The number of ether oxygens (including phenoxy) is 1. The lowest BCUT2D eigenvalue weighted by Gasteiger charge is -2.22. The van der Waals surface area contributed by atoms with Gasteiger partial charge in [-0.05, 0) is 25.0 Å². The van der Waals surface area contributed by atoms with Gasteiger partial charge in [0.25, 0.3) is 0 Å². The van der Waals surface area contributed by atoms with Crippen LogP contribution in [0.25, 0.3) is 0 Å². The third-order valence-electron chi connectivity index (χ3n) is 3.36. The molecule has 0 spiro atoms. The fourth-order valence-electron chi connectivity index (χ4n) is 2.36. The first-order valence-corrected chi connectivity index (χ1v) is 7.04. The number of halogens is 1. The van der Waals surface area contributed by atoms with Crippen molar-refractivity contribution in [2.45, 2.75) is 38.2 Å². The molecular formula is C14H21ClN2O. The molecule has 0 aliphatic heterocycles. The maximum Gasteiger partial charge on any atom is 0.0763 e. The van der Waals surface area contributed by atoms with Gasteiger partial charge in [0.15, 0.2) is 0 Å². The van der Waals surface area contributed by atoms with Crippen molar-refractivity contribution in [1.29, 1.82) is 0 Å². The lowest BCUT2D eigenvalue weighted by atomic mass is 9.98. The molecule has 0 aromatic heterocycles. The van der Waals surface area contributed by atoms with Crippen molar-refractivity contribution in [3.8, 4) is 0 Å². The molecule has 0 atom stereocenters. The molecule has 1 aliphatic carbocycles. The predicted octanol–water partition coefficient (Wildman–Crippen LogP) is 3.68. The van der Waals surface area contributed by atoms with E-state index < -0.39 is 0 Å². The molecule has 0 unspecified atom stereocenters. The molecule has 1 aromatic rings. The van der Waals surface area contributed by atoms with Crippen LogP contribution in [0, 0.1) is 0 Å². The number of nitrogens with one attached hydrogen (secondary N) is 1. The van der Waals surface area contributed by atoms with E-state index in [1.54, 1.807) is 0 Å². The highest BCUT2D eigenvalue weighted by molar-refractivity contribution is 6.33. The van der Waals surface area contributed by atoms with Crippen LogP contribution in [0.15, 0.2) is 18.2 Å². The number of hydrogen-bond acceptors (Lipinski definition) is 3. The first kappa shape index (κ1) is 13.5. The zero-order valence-corrected chi connectivity index (χ0v) is 11.4. The van der Waals surface area contributed by atoms with Gasteiger partial charge in [0.1, 0.15) is 0 Å². The van der Waals surface area contributed by atoms with E-state index in [0.29, 0.717) is 23.4 Å². The van der Waals surface area contributed by atoms with Gasteiger partial charge < -0.3 is 15.8 Å². The minimum absolute atomic E-state index is 0.448. The normalized spacial score (nSPS) is 16.7. The number of benzene rings is 1. The van der Waals surface area contributed by atoms with E-state index in [9.17, 15) is 0 Å². The van der Waals surface area contributed by atoms with E-state index in [-0.39, 0.29) is 0 Å². The van der Waals surface area contributed by atoms with Gasteiger partial charge in [0.05, 0.1) is 29.1 Å². The standard InChI is InChI=1S/C14H21ClN2O/c15-12-7-4-8-13(16)14(12)17-9-10-18-11-5-2-1-3-6-11/h4,7-8,11,17H,1-3,5-6,9-10,16H2.